The Hall–Kier alpha value is -2.61. The van der Waals surface area contributed by atoms with Crippen LogP contribution in [0.4, 0.5) is 5.69 Å². The van der Waals surface area contributed by atoms with Crippen molar-refractivity contribution in [3.8, 4) is 0 Å². The van der Waals surface area contributed by atoms with Gasteiger partial charge in [0.15, 0.2) is 5.17 Å². The monoisotopic (exact) mass is 381 g/mol. The van der Waals surface area contributed by atoms with Crippen LogP contribution in [0.1, 0.15) is 19.3 Å². The Bertz CT molecular complexity index is 981. The maximum atomic E-state index is 12.4. The van der Waals surface area contributed by atoms with E-state index in [0.717, 1.165) is 17.3 Å². The van der Waals surface area contributed by atoms with Crippen LogP contribution in [0.25, 0.3) is 10.9 Å². The molecular weight excluding hydrogens is 362 g/mol. The fourth-order valence-electron chi connectivity index (χ4n) is 4.08. The second-order valence-electron chi connectivity index (χ2n) is 7.32. The molecule has 2 aromatic rings. The van der Waals surface area contributed by atoms with Gasteiger partial charge in [0.1, 0.15) is 5.25 Å². The molecule has 0 spiro atoms. The number of benzene rings is 1. The molecule has 2 bridgehead atoms. The van der Waals surface area contributed by atoms with Gasteiger partial charge in [-0.1, -0.05) is 23.9 Å². The van der Waals surface area contributed by atoms with Gasteiger partial charge in [-0.05, 0) is 42.9 Å². The van der Waals surface area contributed by atoms with Crippen molar-refractivity contribution in [1.29, 1.82) is 0 Å². The van der Waals surface area contributed by atoms with E-state index in [1.165, 1.54) is 18.2 Å². The zero-order chi connectivity index (χ0) is 18.4. The number of nitrogens with zero attached hydrogens (tertiary/aromatic N) is 2. The van der Waals surface area contributed by atoms with Crippen molar-refractivity contribution in [1.82, 2.24) is 15.5 Å². The molecule has 3 N–H and O–H groups in total. The molecule has 1 aromatic carbocycles. The number of aromatic amines is 1. The largest absolute Gasteiger partial charge is 0.361 e. The van der Waals surface area contributed by atoms with Crippen LogP contribution < -0.4 is 10.6 Å². The average Bonchev–Trinajstić information content (AvgIpc) is 3.40. The van der Waals surface area contributed by atoms with E-state index in [4.69, 9.17) is 0 Å². The van der Waals surface area contributed by atoms with Crippen LogP contribution in [0.15, 0.2) is 41.5 Å². The lowest BCUT2D eigenvalue weighted by atomic mass is 10.0. The third-order valence-electron chi connectivity index (χ3n) is 5.43. The van der Waals surface area contributed by atoms with E-state index in [1.807, 2.05) is 18.2 Å². The average molecular weight is 381 g/mol. The van der Waals surface area contributed by atoms with E-state index in [1.54, 1.807) is 6.20 Å². The molecule has 2 amide bonds. The Morgan fingerprint density at radius 3 is 3.04 bits per heavy atom. The molecule has 1 aliphatic heterocycles. The second kappa shape index (κ2) is 6.53. The van der Waals surface area contributed by atoms with E-state index < -0.39 is 5.25 Å². The molecule has 1 aromatic heterocycles. The molecule has 1 saturated carbocycles. The van der Waals surface area contributed by atoms with E-state index in [2.05, 4.69) is 38.0 Å². The number of carbonyl (C=O) groups excluding carboxylic acids is 2. The van der Waals surface area contributed by atoms with Gasteiger partial charge in [-0.25, -0.2) is 0 Å². The van der Waals surface area contributed by atoms with Crippen LogP contribution in [0.2, 0.25) is 0 Å². The van der Waals surface area contributed by atoms with Crippen molar-refractivity contribution in [2.45, 2.75) is 30.6 Å². The molecule has 4 atom stereocenters. The molecule has 7 nitrogen and oxygen atoms in total. The first-order chi connectivity index (χ1) is 13.1. The summed E-state index contributed by atoms with van der Waals surface area (Å²) < 4.78 is 0. The fourth-order valence-corrected chi connectivity index (χ4v) is 5.10. The molecule has 1 fully saturated rings. The van der Waals surface area contributed by atoms with Gasteiger partial charge in [-0.2, -0.15) is 10.1 Å². The summed E-state index contributed by atoms with van der Waals surface area (Å²) in [6, 6.07) is 5.90. The third kappa shape index (κ3) is 3.25. The van der Waals surface area contributed by atoms with E-state index in [0.29, 0.717) is 28.7 Å². The number of allylic oxidation sites excluding steroid dienone is 1. The normalized spacial score (nSPS) is 28.7. The molecule has 2 aliphatic carbocycles. The number of H-pyrrole nitrogens is 1. The topological polar surface area (TPSA) is 99.2 Å². The van der Waals surface area contributed by atoms with Crippen LogP contribution in [0.5, 0.6) is 0 Å². The highest BCUT2D eigenvalue weighted by molar-refractivity contribution is 8.15. The minimum absolute atomic E-state index is 0.107. The van der Waals surface area contributed by atoms with Crippen LogP contribution in [0, 0.1) is 11.8 Å². The van der Waals surface area contributed by atoms with Crippen molar-refractivity contribution in [3.05, 3.63) is 36.5 Å². The minimum Gasteiger partial charge on any atom is -0.361 e. The number of thioether (sulfide) groups is 1. The number of anilines is 1. The van der Waals surface area contributed by atoms with Crippen molar-refractivity contribution in [2.75, 3.05) is 5.32 Å². The van der Waals surface area contributed by atoms with Crippen LogP contribution in [-0.2, 0) is 9.59 Å². The number of nitrogens with one attached hydrogen (secondary N) is 3. The zero-order valence-corrected chi connectivity index (χ0v) is 15.3. The summed E-state index contributed by atoms with van der Waals surface area (Å²) >= 11 is 1.36. The number of hydrogen-bond donors (Lipinski definition) is 3. The summed E-state index contributed by atoms with van der Waals surface area (Å²) in [5.74, 6) is 0.761. The first kappa shape index (κ1) is 16.6. The van der Waals surface area contributed by atoms with Gasteiger partial charge < -0.3 is 10.6 Å². The summed E-state index contributed by atoms with van der Waals surface area (Å²) in [6.07, 6.45) is 8.66. The predicted octanol–water partition coefficient (Wildman–Crippen LogP) is 2.44. The van der Waals surface area contributed by atoms with Crippen molar-refractivity contribution < 1.29 is 9.59 Å². The molecule has 0 radical (unpaired) electrons. The number of rotatable bonds is 4. The summed E-state index contributed by atoms with van der Waals surface area (Å²) in [6.45, 7) is 0. The van der Waals surface area contributed by atoms with Gasteiger partial charge in [0.25, 0.3) is 5.91 Å². The van der Waals surface area contributed by atoms with Crippen LogP contribution >= 0.6 is 11.8 Å². The second-order valence-corrected chi connectivity index (χ2v) is 8.51. The van der Waals surface area contributed by atoms with Gasteiger partial charge in [0, 0.05) is 23.5 Å². The number of carbonyl (C=O) groups is 2. The summed E-state index contributed by atoms with van der Waals surface area (Å²) in [5, 5.41) is 14.3. The quantitative estimate of drug-likeness (QED) is 0.707. The molecule has 0 saturated heterocycles. The standard InChI is InChI=1S/C19H19N5O2S/c25-17(21-13-4-3-12-9-20-24-15(12)7-13)8-16-18(26)23-19(27-16)22-14-6-10-1-2-11(14)5-10/h1-4,7,9-11,14,16H,5-6,8H2,(H,20,24)(H,21,25)(H,22,23,26). The molecule has 8 heteroatoms. The molecule has 2 heterocycles. The van der Waals surface area contributed by atoms with E-state index in [9.17, 15) is 9.59 Å². The molecule has 3 aliphatic rings. The third-order valence-corrected chi connectivity index (χ3v) is 6.51. The molecule has 27 heavy (non-hydrogen) atoms. The van der Waals surface area contributed by atoms with Crippen LogP contribution in [-0.4, -0.2) is 38.5 Å². The maximum absolute atomic E-state index is 12.4. The number of amides is 2. The number of amidine groups is 1. The number of aliphatic imine (C=N–C) groups is 1. The van der Waals surface area contributed by atoms with Gasteiger partial charge >= 0.3 is 0 Å². The minimum atomic E-state index is -0.461. The first-order valence-corrected chi connectivity index (χ1v) is 9.99. The number of hydrogen-bond acceptors (Lipinski definition) is 5. The Morgan fingerprint density at radius 1 is 1.30 bits per heavy atom. The molecule has 5 rings (SSSR count). The van der Waals surface area contributed by atoms with E-state index >= 15 is 0 Å². The number of fused-ring (bicyclic) bond motifs is 3. The molecule has 138 valence electrons. The highest BCUT2D eigenvalue weighted by Gasteiger charge is 2.38. The smallest absolute Gasteiger partial charge is 0.262 e. The van der Waals surface area contributed by atoms with Crippen molar-refractivity contribution >= 4 is 45.3 Å². The Labute approximate surface area is 160 Å². The lowest BCUT2D eigenvalue weighted by molar-refractivity contribution is -0.121. The summed E-state index contributed by atoms with van der Waals surface area (Å²) in [5.41, 5.74) is 1.54. The van der Waals surface area contributed by atoms with Crippen molar-refractivity contribution in [3.63, 3.8) is 0 Å². The predicted molar refractivity (Wildman–Crippen MR) is 105 cm³/mol. The fraction of sp³-hybridized carbons (Fsp3) is 0.368. The SMILES string of the molecule is O=C(CC1SC(NC2CC3C=CC2C3)=NC1=O)Nc1ccc2cn[nH]c2c1. The summed E-state index contributed by atoms with van der Waals surface area (Å²) in [7, 11) is 0. The van der Waals surface area contributed by atoms with Gasteiger partial charge in [-0.3, -0.25) is 14.7 Å². The van der Waals surface area contributed by atoms with Crippen molar-refractivity contribution in [2.24, 2.45) is 16.8 Å². The lowest BCUT2D eigenvalue weighted by Gasteiger charge is -2.20. The summed E-state index contributed by atoms with van der Waals surface area (Å²) in [4.78, 5) is 28.7. The lowest BCUT2D eigenvalue weighted by Crippen LogP contribution is -2.35. The van der Waals surface area contributed by atoms with Gasteiger partial charge in [0.2, 0.25) is 5.91 Å². The number of aromatic nitrogens is 2. The first-order valence-electron chi connectivity index (χ1n) is 9.11. The molecule has 4 unspecified atom stereocenters. The Balaban J connectivity index is 1.17. The van der Waals surface area contributed by atoms with E-state index in [-0.39, 0.29) is 18.2 Å². The highest BCUT2D eigenvalue weighted by Crippen LogP contribution is 2.39. The Kier molecular flexibility index (Phi) is 4.00. The van der Waals surface area contributed by atoms with Crippen LogP contribution in [0.3, 0.4) is 0 Å². The highest BCUT2D eigenvalue weighted by atomic mass is 32.2. The zero-order valence-electron chi connectivity index (χ0n) is 14.5. The van der Waals surface area contributed by atoms with Gasteiger partial charge in [0.05, 0.1) is 11.7 Å². The Morgan fingerprint density at radius 2 is 2.22 bits per heavy atom. The maximum Gasteiger partial charge on any atom is 0.262 e. The molecular formula is C19H19N5O2S. The van der Waals surface area contributed by atoms with Gasteiger partial charge in [-0.15, -0.1) is 0 Å².